The number of nitrogens with one attached hydrogen (secondary N) is 1. The molecule has 0 radical (unpaired) electrons. The largest absolute Gasteiger partial charge is 0.452 e. The molecule has 2 aromatic carbocycles. The molecule has 0 aliphatic rings. The summed E-state index contributed by atoms with van der Waals surface area (Å²) in [4.78, 5) is 23.3. The van der Waals surface area contributed by atoms with E-state index in [2.05, 4.69) is 5.32 Å². The summed E-state index contributed by atoms with van der Waals surface area (Å²) in [6.07, 6.45) is 2.78. The third-order valence-corrected chi connectivity index (χ3v) is 3.41. The standard InChI is InChI=1S/C19H15ClN2O3/c20-17-3-1-2-16(10-17)12-22-18(23)13-25-19(24)9-8-14-4-6-15(11-21)7-5-14/h1-10H,12-13H2,(H,22,23)/b9-8+. The predicted octanol–water partition coefficient (Wildman–Crippen LogP) is 3.08. The molecule has 0 saturated carbocycles. The van der Waals surface area contributed by atoms with Crippen LogP contribution in [0.15, 0.2) is 54.6 Å². The maximum Gasteiger partial charge on any atom is 0.331 e. The highest BCUT2D eigenvalue weighted by atomic mass is 35.5. The van der Waals surface area contributed by atoms with Crippen molar-refractivity contribution in [1.82, 2.24) is 5.32 Å². The van der Waals surface area contributed by atoms with Gasteiger partial charge in [0.25, 0.3) is 5.91 Å². The fourth-order valence-electron chi connectivity index (χ4n) is 1.92. The van der Waals surface area contributed by atoms with Gasteiger partial charge in [0.2, 0.25) is 0 Å². The van der Waals surface area contributed by atoms with Crippen LogP contribution in [0.2, 0.25) is 5.02 Å². The van der Waals surface area contributed by atoms with E-state index in [1.807, 2.05) is 12.1 Å². The molecular formula is C19H15ClN2O3. The highest BCUT2D eigenvalue weighted by Crippen LogP contribution is 2.10. The van der Waals surface area contributed by atoms with Crippen molar-refractivity contribution in [3.8, 4) is 6.07 Å². The van der Waals surface area contributed by atoms with Crippen molar-refractivity contribution in [3.63, 3.8) is 0 Å². The van der Waals surface area contributed by atoms with Crippen molar-refractivity contribution in [3.05, 3.63) is 76.3 Å². The van der Waals surface area contributed by atoms with E-state index in [9.17, 15) is 9.59 Å². The van der Waals surface area contributed by atoms with Crippen molar-refractivity contribution in [2.24, 2.45) is 0 Å². The fourth-order valence-corrected chi connectivity index (χ4v) is 2.13. The van der Waals surface area contributed by atoms with E-state index in [0.29, 0.717) is 17.1 Å². The number of halogens is 1. The Hall–Kier alpha value is -3.10. The molecule has 2 rings (SSSR count). The second-order valence-electron chi connectivity index (χ2n) is 5.08. The number of carbonyl (C=O) groups is 2. The van der Waals surface area contributed by atoms with Crippen LogP contribution in [0.3, 0.4) is 0 Å². The molecule has 1 amide bonds. The lowest BCUT2D eigenvalue weighted by Gasteiger charge is -2.06. The van der Waals surface area contributed by atoms with Crippen LogP contribution in [0.1, 0.15) is 16.7 Å². The van der Waals surface area contributed by atoms with Gasteiger partial charge in [-0.15, -0.1) is 0 Å². The zero-order valence-corrected chi connectivity index (χ0v) is 14.0. The first-order valence-electron chi connectivity index (χ1n) is 7.43. The maximum atomic E-state index is 11.7. The van der Waals surface area contributed by atoms with Gasteiger partial charge in [0.1, 0.15) is 0 Å². The van der Waals surface area contributed by atoms with E-state index >= 15 is 0 Å². The first-order chi connectivity index (χ1) is 12.1. The van der Waals surface area contributed by atoms with Crippen LogP contribution < -0.4 is 5.32 Å². The number of nitrogens with zero attached hydrogens (tertiary/aromatic N) is 1. The second kappa shape index (κ2) is 9.26. The summed E-state index contributed by atoms with van der Waals surface area (Å²) < 4.78 is 4.87. The van der Waals surface area contributed by atoms with E-state index in [-0.39, 0.29) is 6.61 Å². The van der Waals surface area contributed by atoms with Crippen molar-refractivity contribution >= 4 is 29.6 Å². The number of hydrogen-bond acceptors (Lipinski definition) is 4. The van der Waals surface area contributed by atoms with Crippen LogP contribution in [0.25, 0.3) is 6.08 Å². The SMILES string of the molecule is N#Cc1ccc(/C=C/C(=O)OCC(=O)NCc2cccc(Cl)c2)cc1. The van der Waals surface area contributed by atoms with Crippen molar-refractivity contribution < 1.29 is 14.3 Å². The normalized spacial score (nSPS) is 10.2. The molecule has 0 atom stereocenters. The molecule has 0 fully saturated rings. The predicted molar refractivity (Wildman–Crippen MR) is 94.4 cm³/mol. The highest BCUT2D eigenvalue weighted by molar-refractivity contribution is 6.30. The summed E-state index contributed by atoms with van der Waals surface area (Å²) in [6, 6.07) is 15.8. The van der Waals surface area contributed by atoms with Gasteiger partial charge in [0, 0.05) is 17.6 Å². The average molecular weight is 355 g/mol. The van der Waals surface area contributed by atoms with Crippen LogP contribution in [0, 0.1) is 11.3 Å². The molecule has 25 heavy (non-hydrogen) atoms. The van der Waals surface area contributed by atoms with E-state index < -0.39 is 11.9 Å². The topological polar surface area (TPSA) is 79.2 Å². The molecule has 0 aromatic heterocycles. The number of benzene rings is 2. The lowest BCUT2D eigenvalue weighted by molar-refractivity contribution is -0.143. The van der Waals surface area contributed by atoms with Gasteiger partial charge < -0.3 is 10.1 Å². The van der Waals surface area contributed by atoms with Crippen LogP contribution in [-0.4, -0.2) is 18.5 Å². The summed E-state index contributed by atoms with van der Waals surface area (Å²) in [7, 11) is 0. The van der Waals surface area contributed by atoms with E-state index in [1.165, 1.54) is 6.08 Å². The van der Waals surface area contributed by atoms with Gasteiger partial charge in [-0.2, -0.15) is 5.26 Å². The number of amides is 1. The Labute approximate surface area is 150 Å². The van der Waals surface area contributed by atoms with Crippen molar-refractivity contribution in [2.75, 3.05) is 6.61 Å². The number of rotatable bonds is 6. The van der Waals surface area contributed by atoms with Gasteiger partial charge >= 0.3 is 5.97 Å². The maximum absolute atomic E-state index is 11.7. The summed E-state index contributed by atoms with van der Waals surface area (Å²) in [5.41, 5.74) is 2.14. The number of nitriles is 1. The van der Waals surface area contributed by atoms with Crippen LogP contribution in [0.5, 0.6) is 0 Å². The molecule has 0 bridgehead atoms. The third kappa shape index (κ3) is 6.50. The van der Waals surface area contributed by atoms with E-state index in [0.717, 1.165) is 11.1 Å². The van der Waals surface area contributed by atoms with Crippen molar-refractivity contribution in [1.29, 1.82) is 5.26 Å². The molecular weight excluding hydrogens is 340 g/mol. The zero-order valence-electron chi connectivity index (χ0n) is 13.2. The fraction of sp³-hybridized carbons (Fsp3) is 0.105. The Balaban J connectivity index is 1.74. The third-order valence-electron chi connectivity index (χ3n) is 3.18. The number of hydrogen-bond donors (Lipinski definition) is 1. The van der Waals surface area contributed by atoms with Crippen LogP contribution in [-0.2, 0) is 20.9 Å². The highest BCUT2D eigenvalue weighted by Gasteiger charge is 2.05. The Kier molecular flexibility index (Phi) is 6.76. The second-order valence-corrected chi connectivity index (χ2v) is 5.52. The van der Waals surface area contributed by atoms with Crippen LogP contribution in [0.4, 0.5) is 0 Å². The zero-order chi connectivity index (χ0) is 18.1. The Morgan fingerprint density at radius 3 is 2.64 bits per heavy atom. The minimum absolute atomic E-state index is 0.304. The van der Waals surface area contributed by atoms with Crippen LogP contribution >= 0.6 is 11.6 Å². The molecule has 2 aromatic rings. The number of esters is 1. The molecule has 0 saturated heterocycles. The molecule has 126 valence electrons. The van der Waals surface area contributed by atoms with Gasteiger partial charge in [0.05, 0.1) is 11.6 Å². The first kappa shape index (κ1) is 18.2. The molecule has 1 N–H and O–H groups in total. The quantitative estimate of drug-likeness (QED) is 0.638. The summed E-state index contributed by atoms with van der Waals surface area (Å²) >= 11 is 5.86. The lowest BCUT2D eigenvalue weighted by atomic mass is 10.1. The molecule has 0 aliphatic carbocycles. The van der Waals surface area contributed by atoms with Gasteiger partial charge in [0.15, 0.2) is 6.61 Å². The smallest absolute Gasteiger partial charge is 0.331 e. The monoisotopic (exact) mass is 354 g/mol. The molecule has 5 nitrogen and oxygen atoms in total. The molecule has 6 heteroatoms. The lowest BCUT2D eigenvalue weighted by Crippen LogP contribution is -2.28. The van der Waals surface area contributed by atoms with E-state index in [1.54, 1.807) is 48.5 Å². The first-order valence-corrected chi connectivity index (χ1v) is 7.81. The number of carbonyl (C=O) groups excluding carboxylic acids is 2. The van der Waals surface area contributed by atoms with Crippen molar-refractivity contribution in [2.45, 2.75) is 6.54 Å². The Morgan fingerprint density at radius 1 is 1.20 bits per heavy atom. The van der Waals surface area contributed by atoms with Gasteiger partial charge in [-0.25, -0.2) is 4.79 Å². The molecule has 0 unspecified atom stereocenters. The summed E-state index contributed by atoms with van der Waals surface area (Å²) in [5.74, 6) is -1.03. The summed E-state index contributed by atoms with van der Waals surface area (Å²) in [5, 5.41) is 11.9. The molecule has 0 aliphatic heterocycles. The summed E-state index contributed by atoms with van der Waals surface area (Å²) in [6.45, 7) is -0.0604. The number of ether oxygens (including phenoxy) is 1. The van der Waals surface area contributed by atoms with E-state index in [4.69, 9.17) is 21.6 Å². The Bertz CT molecular complexity index is 823. The van der Waals surface area contributed by atoms with Gasteiger partial charge in [-0.3, -0.25) is 4.79 Å². The molecule has 0 heterocycles. The van der Waals surface area contributed by atoms with Gasteiger partial charge in [-0.05, 0) is 41.5 Å². The average Bonchev–Trinajstić information content (AvgIpc) is 2.63. The minimum atomic E-state index is -0.623. The minimum Gasteiger partial charge on any atom is -0.452 e. The molecule has 0 spiro atoms. The Morgan fingerprint density at radius 2 is 1.96 bits per heavy atom. The van der Waals surface area contributed by atoms with Gasteiger partial charge in [-0.1, -0.05) is 35.9 Å².